The molecule has 4 rings (SSSR count). The number of carbonyl (C=O) groups excluding carboxylic acids is 1. The van der Waals surface area contributed by atoms with Crippen LogP contribution in [0.4, 0.5) is 5.82 Å². The van der Waals surface area contributed by atoms with E-state index in [2.05, 4.69) is 26.1 Å². The molecule has 0 aliphatic carbocycles. The molecule has 0 radical (unpaired) electrons. The Morgan fingerprint density at radius 2 is 1.88 bits per heavy atom. The fourth-order valence-corrected chi connectivity index (χ4v) is 3.51. The minimum atomic E-state index is -0.531. The SMILES string of the molecule is Cc1[nH]nc2c1C(c1ccc(Cl)cc1)C1=C(N2)NC(C)(C)NC1=O. The normalized spacial score (nSPS) is 21.3. The summed E-state index contributed by atoms with van der Waals surface area (Å²) in [7, 11) is 0. The molecular weight excluding hydrogens is 326 g/mol. The second-order valence-electron chi connectivity index (χ2n) is 6.71. The van der Waals surface area contributed by atoms with Crippen LogP contribution >= 0.6 is 11.6 Å². The zero-order chi connectivity index (χ0) is 17.1. The molecule has 3 heterocycles. The Hall–Kier alpha value is -2.47. The highest BCUT2D eigenvalue weighted by Gasteiger charge is 2.41. The van der Waals surface area contributed by atoms with Gasteiger partial charge in [0.05, 0.1) is 5.57 Å². The van der Waals surface area contributed by atoms with Gasteiger partial charge in [0.1, 0.15) is 11.5 Å². The van der Waals surface area contributed by atoms with Crippen molar-refractivity contribution in [2.24, 2.45) is 0 Å². The van der Waals surface area contributed by atoms with E-state index in [-0.39, 0.29) is 11.8 Å². The molecule has 24 heavy (non-hydrogen) atoms. The summed E-state index contributed by atoms with van der Waals surface area (Å²) in [5.41, 5.74) is 3.04. The maximum absolute atomic E-state index is 12.8. The van der Waals surface area contributed by atoms with Gasteiger partial charge < -0.3 is 16.0 Å². The van der Waals surface area contributed by atoms with E-state index < -0.39 is 5.66 Å². The largest absolute Gasteiger partial charge is 0.349 e. The fourth-order valence-electron chi connectivity index (χ4n) is 3.39. The summed E-state index contributed by atoms with van der Waals surface area (Å²) >= 11 is 6.03. The Morgan fingerprint density at radius 1 is 1.17 bits per heavy atom. The first-order valence-corrected chi connectivity index (χ1v) is 8.16. The lowest BCUT2D eigenvalue weighted by molar-refractivity contribution is -0.120. The summed E-state index contributed by atoms with van der Waals surface area (Å²) in [4.78, 5) is 12.8. The lowest BCUT2D eigenvalue weighted by Crippen LogP contribution is -2.60. The van der Waals surface area contributed by atoms with E-state index in [9.17, 15) is 4.79 Å². The number of anilines is 1. The monoisotopic (exact) mass is 343 g/mol. The molecule has 0 spiro atoms. The first kappa shape index (κ1) is 15.1. The number of benzene rings is 1. The van der Waals surface area contributed by atoms with Crippen LogP contribution in [0.1, 0.15) is 36.6 Å². The zero-order valence-electron chi connectivity index (χ0n) is 13.6. The van der Waals surface area contributed by atoms with Gasteiger partial charge in [-0.15, -0.1) is 0 Å². The Kier molecular flexibility index (Phi) is 3.15. The summed E-state index contributed by atoms with van der Waals surface area (Å²) in [6.45, 7) is 5.79. The van der Waals surface area contributed by atoms with Gasteiger partial charge in [-0.05, 0) is 38.5 Å². The van der Waals surface area contributed by atoms with Crippen LogP contribution in [0.3, 0.4) is 0 Å². The molecule has 2 aromatic rings. The van der Waals surface area contributed by atoms with Crippen LogP contribution < -0.4 is 16.0 Å². The topological polar surface area (TPSA) is 81.8 Å². The number of nitrogens with zero attached hydrogens (tertiary/aromatic N) is 1. The highest BCUT2D eigenvalue weighted by molar-refractivity contribution is 6.30. The van der Waals surface area contributed by atoms with Gasteiger partial charge in [-0.3, -0.25) is 9.89 Å². The van der Waals surface area contributed by atoms with E-state index in [1.165, 1.54) is 0 Å². The van der Waals surface area contributed by atoms with Crippen molar-refractivity contribution < 1.29 is 4.79 Å². The van der Waals surface area contributed by atoms with Crippen molar-refractivity contribution in [1.29, 1.82) is 0 Å². The third-order valence-corrected chi connectivity index (χ3v) is 4.65. The van der Waals surface area contributed by atoms with Crippen LogP contribution in [0.2, 0.25) is 5.02 Å². The zero-order valence-corrected chi connectivity index (χ0v) is 14.4. The number of hydrogen-bond acceptors (Lipinski definition) is 4. The van der Waals surface area contributed by atoms with Gasteiger partial charge in [-0.2, -0.15) is 5.10 Å². The van der Waals surface area contributed by atoms with Crippen molar-refractivity contribution in [3.05, 3.63) is 57.5 Å². The first-order chi connectivity index (χ1) is 11.4. The third-order valence-electron chi connectivity index (χ3n) is 4.40. The van der Waals surface area contributed by atoms with Crippen molar-refractivity contribution in [3.8, 4) is 0 Å². The number of aromatic amines is 1. The van der Waals surface area contributed by atoms with Gasteiger partial charge in [-0.25, -0.2) is 0 Å². The number of amides is 1. The number of aryl methyl sites for hydroxylation is 1. The van der Waals surface area contributed by atoms with E-state index in [0.717, 1.165) is 22.6 Å². The molecule has 7 heteroatoms. The van der Waals surface area contributed by atoms with Crippen LogP contribution in [-0.4, -0.2) is 21.8 Å². The second kappa shape index (κ2) is 5.01. The number of aromatic nitrogens is 2. The smallest absolute Gasteiger partial charge is 0.253 e. The quantitative estimate of drug-likeness (QED) is 0.641. The van der Waals surface area contributed by atoms with E-state index in [1.54, 1.807) is 0 Å². The van der Waals surface area contributed by atoms with Gasteiger partial charge >= 0.3 is 0 Å². The molecule has 124 valence electrons. The molecule has 0 fully saturated rings. The Bertz CT molecular complexity index is 866. The number of fused-ring (bicyclic) bond motifs is 1. The number of nitrogens with one attached hydrogen (secondary N) is 4. The van der Waals surface area contributed by atoms with Gasteiger partial charge in [0.15, 0.2) is 5.82 Å². The molecule has 4 N–H and O–H groups in total. The molecular formula is C17H18ClN5O. The molecule has 1 aromatic heterocycles. The van der Waals surface area contributed by atoms with Gasteiger partial charge in [0.25, 0.3) is 5.91 Å². The first-order valence-electron chi connectivity index (χ1n) is 7.78. The highest BCUT2D eigenvalue weighted by Crippen LogP contribution is 2.43. The number of H-pyrrole nitrogens is 1. The molecule has 2 aliphatic heterocycles. The molecule has 1 atom stereocenters. The van der Waals surface area contributed by atoms with E-state index in [1.807, 2.05) is 45.0 Å². The summed E-state index contributed by atoms with van der Waals surface area (Å²) in [5.74, 6) is 1.13. The van der Waals surface area contributed by atoms with E-state index in [0.29, 0.717) is 16.4 Å². The van der Waals surface area contributed by atoms with Crippen molar-refractivity contribution >= 4 is 23.3 Å². The molecule has 0 saturated heterocycles. The van der Waals surface area contributed by atoms with Crippen LogP contribution in [0.5, 0.6) is 0 Å². The number of rotatable bonds is 1. The molecule has 1 amide bonds. The average molecular weight is 344 g/mol. The third kappa shape index (κ3) is 2.26. The lowest BCUT2D eigenvalue weighted by Gasteiger charge is -2.40. The molecule has 2 aliphatic rings. The predicted octanol–water partition coefficient (Wildman–Crippen LogP) is 2.60. The Balaban J connectivity index is 1.93. The van der Waals surface area contributed by atoms with Crippen molar-refractivity contribution in [2.45, 2.75) is 32.4 Å². The number of hydrogen-bond donors (Lipinski definition) is 4. The standard InChI is InChI=1S/C17H18ClN5O/c1-8-11-12(9-4-6-10(18)7-5-9)13-14(19-15(11)23-22-8)20-17(2,3)21-16(13)24/h4-7,12,20H,1-3H3,(H,21,24)(H2,19,22,23). The maximum atomic E-state index is 12.8. The summed E-state index contributed by atoms with van der Waals surface area (Å²) in [6.07, 6.45) is 0. The fraction of sp³-hybridized carbons (Fsp3) is 0.294. The van der Waals surface area contributed by atoms with Crippen LogP contribution in [0, 0.1) is 6.92 Å². The number of carbonyl (C=O) groups is 1. The van der Waals surface area contributed by atoms with Gasteiger partial charge in [0.2, 0.25) is 0 Å². The van der Waals surface area contributed by atoms with Crippen molar-refractivity contribution in [3.63, 3.8) is 0 Å². The van der Waals surface area contributed by atoms with E-state index >= 15 is 0 Å². The minimum Gasteiger partial charge on any atom is -0.349 e. The molecule has 0 saturated carbocycles. The van der Waals surface area contributed by atoms with Crippen LogP contribution in [0.25, 0.3) is 0 Å². The Labute approximate surface area is 144 Å². The summed E-state index contributed by atoms with van der Waals surface area (Å²) in [6, 6.07) is 7.58. The summed E-state index contributed by atoms with van der Waals surface area (Å²) in [5, 5.41) is 17.6. The van der Waals surface area contributed by atoms with Crippen molar-refractivity contribution in [1.82, 2.24) is 20.8 Å². The van der Waals surface area contributed by atoms with Crippen LogP contribution in [-0.2, 0) is 4.79 Å². The molecule has 1 unspecified atom stereocenters. The van der Waals surface area contributed by atoms with Gasteiger partial charge in [-0.1, -0.05) is 23.7 Å². The molecule has 1 aromatic carbocycles. The van der Waals surface area contributed by atoms with Gasteiger partial charge in [0, 0.05) is 22.2 Å². The van der Waals surface area contributed by atoms with E-state index in [4.69, 9.17) is 11.6 Å². The minimum absolute atomic E-state index is 0.0903. The predicted molar refractivity (Wildman–Crippen MR) is 92.6 cm³/mol. The maximum Gasteiger partial charge on any atom is 0.253 e. The summed E-state index contributed by atoms with van der Waals surface area (Å²) < 4.78 is 0. The average Bonchev–Trinajstić information content (AvgIpc) is 2.86. The Morgan fingerprint density at radius 3 is 2.58 bits per heavy atom. The molecule has 6 nitrogen and oxygen atoms in total. The number of halogens is 1. The second-order valence-corrected chi connectivity index (χ2v) is 7.15. The van der Waals surface area contributed by atoms with Crippen LogP contribution in [0.15, 0.2) is 35.7 Å². The van der Waals surface area contributed by atoms with Crippen molar-refractivity contribution in [2.75, 3.05) is 5.32 Å². The lowest BCUT2D eigenvalue weighted by atomic mass is 9.81. The highest BCUT2D eigenvalue weighted by atomic mass is 35.5. The molecule has 0 bridgehead atoms.